The Labute approximate surface area is 110 Å². The molecule has 1 amide bonds. The van der Waals surface area contributed by atoms with Crippen LogP contribution in [0.1, 0.15) is 19.3 Å². The van der Waals surface area contributed by atoms with E-state index in [-0.39, 0.29) is 29.8 Å². The fourth-order valence-electron chi connectivity index (χ4n) is 1.52. The number of nitrogens with one attached hydrogen (secondary N) is 3. The Kier molecular flexibility index (Phi) is 4.01. The summed E-state index contributed by atoms with van der Waals surface area (Å²) in [6, 6.07) is 1.38. The molecule has 1 aliphatic rings. The molecule has 0 atom stereocenters. The van der Waals surface area contributed by atoms with Crippen LogP contribution in [0.3, 0.4) is 0 Å². The van der Waals surface area contributed by atoms with E-state index in [4.69, 9.17) is 0 Å². The highest BCUT2D eigenvalue weighted by Gasteiger charge is 2.23. The maximum atomic E-state index is 11.8. The van der Waals surface area contributed by atoms with Crippen molar-refractivity contribution in [3.05, 3.63) is 28.7 Å². The number of hydrogen-bond donors (Lipinski definition) is 3. The van der Waals surface area contributed by atoms with Gasteiger partial charge in [0.2, 0.25) is 21.4 Å². The van der Waals surface area contributed by atoms with Gasteiger partial charge in [-0.15, -0.1) is 0 Å². The molecule has 19 heavy (non-hydrogen) atoms. The van der Waals surface area contributed by atoms with Crippen LogP contribution in [-0.4, -0.2) is 31.9 Å². The monoisotopic (exact) mass is 285 g/mol. The summed E-state index contributed by atoms with van der Waals surface area (Å²) in [5, 5.41) is 2.75. The summed E-state index contributed by atoms with van der Waals surface area (Å²) in [6.45, 7) is -0.0325. The first-order chi connectivity index (χ1) is 8.99. The quantitative estimate of drug-likeness (QED) is 0.643. The lowest BCUT2D eigenvalue weighted by Gasteiger charge is -2.06. The number of carbonyl (C=O) groups is 1. The Hall–Kier alpha value is -1.67. The second-order valence-electron chi connectivity index (χ2n) is 4.36. The van der Waals surface area contributed by atoms with Gasteiger partial charge >= 0.3 is 0 Å². The van der Waals surface area contributed by atoms with Gasteiger partial charge in [0.05, 0.1) is 0 Å². The molecule has 0 radical (unpaired) electrons. The zero-order valence-electron chi connectivity index (χ0n) is 10.2. The smallest absolute Gasteiger partial charge is 0.245 e. The first-order valence-electron chi connectivity index (χ1n) is 5.95. The molecule has 0 aliphatic heterocycles. The van der Waals surface area contributed by atoms with E-state index < -0.39 is 15.5 Å². The summed E-state index contributed by atoms with van der Waals surface area (Å²) in [5.41, 5.74) is -0.589. The molecule has 1 aromatic heterocycles. The number of pyridine rings is 1. The van der Waals surface area contributed by atoms with Crippen LogP contribution >= 0.6 is 0 Å². The SMILES string of the molecule is O=C(CCNS(=O)(=O)c1c[nH]ccc1=O)NC1CC1. The van der Waals surface area contributed by atoms with Crippen LogP contribution in [0.5, 0.6) is 0 Å². The Morgan fingerprint density at radius 1 is 1.42 bits per heavy atom. The van der Waals surface area contributed by atoms with Gasteiger partial charge in [-0.25, -0.2) is 13.1 Å². The Bertz CT molecular complexity index is 619. The highest BCUT2D eigenvalue weighted by Crippen LogP contribution is 2.18. The molecule has 3 N–H and O–H groups in total. The molecule has 0 aromatic carbocycles. The van der Waals surface area contributed by atoms with Crippen molar-refractivity contribution >= 4 is 15.9 Å². The molecular formula is C11H15N3O4S. The van der Waals surface area contributed by atoms with Gasteiger partial charge in [0.25, 0.3) is 0 Å². The lowest BCUT2D eigenvalue weighted by Crippen LogP contribution is -2.33. The van der Waals surface area contributed by atoms with Crippen LogP contribution in [0.15, 0.2) is 28.2 Å². The third-order valence-electron chi connectivity index (χ3n) is 2.66. The van der Waals surface area contributed by atoms with Crippen molar-refractivity contribution in [2.75, 3.05) is 6.54 Å². The molecule has 0 bridgehead atoms. The van der Waals surface area contributed by atoms with Gasteiger partial charge in [0, 0.05) is 37.5 Å². The van der Waals surface area contributed by atoms with Gasteiger partial charge in [0.15, 0.2) is 0 Å². The zero-order valence-corrected chi connectivity index (χ0v) is 11.0. The van der Waals surface area contributed by atoms with E-state index >= 15 is 0 Å². The van der Waals surface area contributed by atoms with E-state index in [1.807, 2.05) is 0 Å². The first kappa shape index (κ1) is 13.8. The zero-order chi connectivity index (χ0) is 13.9. The summed E-state index contributed by atoms with van der Waals surface area (Å²) >= 11 is 0. The standard InChI is InChI=1S/C11H15N3O4S/c15-9-3-5-12-7-10(9)19(17,18)13-6-4-11(16)14-8-1-2-8/h3,5,7-8,13H,1-2,4,6H2,(H,12,15)(H,14,16). The number of rotatable bonds is 6. The van der Waals surface area contributed by atoms with E-state index in [0.29, 0.717) is 0 Å². The van der Waals surface area contributed by atoms with Crippen LogP contribution in [-0.2, 0) is 14.8 Å². The van der Waals surface area contributed by atoms with Crippen molar-refractivity contribution in [1.29, 1.82) is 0 Å². The molecule has 8 heteroatoms. The molecule has 2 rings (SSSR count). The number of hydrogen-bond acceptors (Lipinski definition) is 4. The molecule has 104 valence electrons. The topological polar surface area (TPSA) is 108 Å². The van der Waals surface area contributed by atoms with Crippen molar-refractivity contribution in [3.8, 4) is 0 Å². The fraction of sp³-hybridized carbons (Fsp3) is 0.455. The van der Waals surface area contributed by atoms with Gasteiger partial charge in [-0.05, 0) is 12.8 Å². The summed E-state index contributed by atoms with van der Waals surface area (Å²) in [4.78, 5) is 25.0. The van der Waals surface area contributed by atoms with E-state index in [1.165, 1.54) is 6.20 Å². The molecule has 7 nitrogen and oxygen atoms in total. The van der Waals surface area contributed by atoms with E-state index in [0.717, 1.165) is 25.1 Å². The average molecular weight is 285 g/mol. The third kappa shape index (κ3) is 3.90. The van der Waals surface area contributed by atoms with E-state index in [9.17, 15) is 18.0 Å². The number of amides is 1. The van der Waals surface area contributed by atoms with Crippen molar-refractivity contribution in [1.82, 2.24) is 15.0 Å². The van der Waals surface area contributed by atoms with Gasteiger partial charge in [-0.3, -0.25) is 9.59 Å². The predicted octanol–water partition coefficient (Wildman–Crippen LogP) is -0.678. The molecule has 1 aliphatic carbocycles. The van der Waals surface area contributed by atoms with Gasteiger partial charge < -0.3 is 10.3 Å². The van der Waals surface area contributed by atoms with Crippen molar-refractivity contribution in [3.63, 3.8) is 0 Å². The maximum Gasteiger partial charge on any atom is 0.245 e. The minimum Gasteiger partial charge on any atom is -0.366 e. The minimum absolute atomic E-state index is 0.0325. The van der Waals surface area contributed by atoms with E-state index in [1.54, 1.807) is 0 Å². The van der Waals surface area contributed by atoms with Crippen LogP contribution in [0.4, 0.5) is 0 Å². The third-order valence-corrected chi connectivity index (χ3v) is 4.15. The van der Waals surface area contributed by atoms with Gasteiger partial charge in [-0.2, -0.15) is 0 Å². The largest absolute Gasteiger partial charge is 0.366 e. The van der Waals surface area contributed by atoms with Crippen LogP contribution < -0.4 is 15.5 Å². The second kappa shape index (κ2) is 5.54. The predicted molar refractivity (Wildman–Crippen MR) is 68.0 cm³/mol. The van der Waals surface area contributed by atoms with Crippen LogP contribution in [0.25, 0.3) is 0 Å². The van der Waals surface area contributed by atoms with Crippen LogP contribution in [0.2, 0.25) is 0 Å². The Morgan fingerprint density at radius 3 is 2.79 bits per heavy atom. The summed E-state index contributed by atoms with van der Waals surface area (Å²) in [7, 11) is -3.87. The highest BCUT2D eigenvalue weighted by atomic mass is 32.2. The molecule has 0 unspecified atom stereocenters. The maximum absolute atomic E-state index is 11.8. The van der Waals surface area contributed by atoms with E-state index in [2.05, 4.69) is 15.0 Å². The second-order valence-corrected chi connectivity index (χ2v) is 6.10. The molecule has 1 saturated carbocycles. The summed E-state index contributed by atoms with van der Waals surface area (Å²) in [6.07, 6.45) is 4.49. The average Bonchev–Trinajstić information content (AvgIpc) is 3.13. The number of H-pyrrole nitrogens is 1. The Morgan fingerprint density at radius 2 is 2.16 bits per heavy atom. The molecule has 0 saturated heterocycles. The van der Waals surface area contributed by atoms with Crippen LogP contribution in [0, 0.1) is 0 Å². The molecular weight excluding hydrogens is 270 g/mol. The Balaban J connectivity index is 1.89. The van der Waals surface area contributed by atoms with Crippen molar-refractivity contribution in [2.45, 2.75) is 30.2 Å². The van der Waals surface area contributed by atoms with Crippen molar-refractivity contribution < 1.29 is 13.2 Å². The number of carbonyl (C=O) groups excluding carboxylic acids is 1. The molecule has 1 heterocycles. The number of aromatic nitrogens is 1. The molecule has 0 spiro atoms. The highest BCUT2D eigenvalue weighted by molar-refractivity contribution is 7.89. The minimum atomic E-state index is -3.87. The summed E-state index contributed by atoms with van der Waals surface area (Å²) < 4.78 is 25.8. The first-order valence-corrected chi connectivity index (χ1v) is 7.43. The number of sulfonamides is 1. The lowest BCUT2D eigenvalue weighted by atomic mass is 10.4. The van der Waals surface area contributed by atoms with Gasteiger partial charge in [0.1, 0.15) is 4.90 Å². The van der Waals surface area contributed by atoms with Gasteiger partial charge in [-0.1, -0.05) is 0 Å². The lowest BCUT2D eigenvalue weighted by molar-refractivity contribution is -0.121. The molecule has 1 fully saturated rings. The molecule has 1 aromatic rings. The fourth-order valence-corrected chi connectivity index (χ4v) is 2.60. The number of aromatic amines is 1. The normalized spacial score (nSPS) is 15.2. The van der Waals surface area contributed by atoms with Crippen molar-refractivity contribution in [2.24, 2.45) is 0 Å². The summed E-state index contributed by atoms with van der Waals surface area (Å²) in [5.74, 6) is -0.188.